The van der Waals surface area contributed by atoms with Crippen LogP contribution in [0.1, 0.15) is 46.9 Å². The molecule has 25 heavy (non-hydrogen) atoms. The van der Waals surface area contributed by atoms with Crippen molar-refractivity contribution in [1.29, 1.82) is 0 Å². The third-order valence-corrected chi connectivity index (χ3v) is 4.06. The van der Waals surface area contributed by atoms with Gasteiger partial charge in [0.15, 0.2) is 0 Å². The summed E-state index contributed by atoms with van der Waals surface area (Å²) in [6.07, 6.45) is 2.76. The topological polar surface area (TPSA) is 52.6 Å². The van der Waals surface area contributed by atoms with Gasteiger partial charge in [0, 0.05) is 0 Å². The zero-order valence-electron chi connectivity index (χ0n) is 13.8. The van der Waals surface area contributed by atoms with Gasteiger partial charge in [-0.05, 0) is 52.7 Å². The molecule has 0 fully saturated rings. The average Bonchev–Trinajstić information content (AvgIpc) is 2.61. The summed E-state index contributed by atoms with van der Waals surface area (Å²) in [5, 5.41) is 0. The Morgan fingerprint density at radius 1 is 1.04 bits per heavy atom. The number of unbranched alkanes of at least 4 members (excludes halogenated alkanes) is 2. The molecule has 0 aliphatic rings. The van der Waals surface area contributed by atoms with Crippen LogP contribution in [-0.2, 0) is 4.74 Å². The highest BCUT2D eigenvalue weighted by atomic mass is 79.9. The van der Waals surface area contributed by atoms with Gasteiger partial charge >= 0.3 is 11.9 Å². The number of carbonyl (C=O) groups is 2. The predicted octanol–water partition coefficient (Wildman–Crippen LogP) is 5.15. The number of esters is 2. The molecule has 2 aromatic rings. The molecule has 0 aliphatic heterocycles. The minimum absolute atomic E-state index is 0.0965. The van der Waals surface area contributed by atoms with E-state index in [0.29, 0.717) is 11.1 Å². The maximum absolute atomic E-state index is 13.1. The standard InChI is InChI=1S/C19H18BrFO4/c1-2-3-6-11-24-18(22)14-7-4-5-8-15(14)19(23)25-17-10-9-13(21)12-16(17)20/h4-5,7-10,12H,2-3,6,11H2,1H3. The second kappa shape index (κ2) is 9.32. The number of benzene rings is 2. The molecule has 132 valence electrons. The fraction of sp³-hybridized carbons (Fsp3) is 0.263. The van der Waals surface area contributed by atoms with Crippen molar-refractivity contribution in [2.24, 2.45) is 0 Å². The molecule has 6 heteroatoms. The molecule has 2 rings (SSSR count). The van der Waals surface area contributed by atoms with E-state index in [1.807, 2.05) is 0 Å². The number of ether oxygens (including phenoxy) is 2. The lowest BCUT2D eigenvalue weighted by Gasteiger charge is -2.10. The van der Waals surface area contributed by atoms with E-state index in [0.717, 1.165) is 19.3 Å². The molecule has 0 saturated carbocycles. The Morgan fingerprint density at radius 3 is 2.36 bits per heavy atom. The van der Waals surface area contributed by atoms with Crippen LogP contribution < -0.4 is 4.74 Å². The number of halogens is 2. The van der Waals surface area contributed by atoms with Gasteiger partial charge < -0.3 is 9.47 Å². The Bertz CT molecular complexity index is 761. The van der Waals surface area contributed by atoms with Crippen LogP contribution in [0.5, 0.6) is 5.75 Å². The zero-order chi connectivity index (χ0) is 18.2. The fourth-order valence-corrected chi connectivity index (χ4v) is 2.58. The summed E-state index contributed by atoms with van der Waals surface area (Å²) in [4.78, 5) is 24.6. The highest BCUT2D eigenvalue weighted by Crippen LogP contribution is 2.26. The van der Waals surface area contributed by atoms with Crippen molar-refractivity contribution in [1.82, 2.24) is 0 Å². The highest BCUT2D eigenvalue weighted by molar-refractivity contribution is 9.10. The first-order valence-corrected chi connectivity index (χ1v) is 8.75. The zero-order valence-corrected chi connectivity index (χ0v) is 15.3. The van der Waals surface area contributed by atoms with Crippen molar-refractivity contribution in [3.05, 3.63) is 63.9 Å². The van der Waals surface area contributed by atoms with Crippen molar-refractivity contribution >= 4 is 27.9 Å². The lowest BCUT2D eigenvalue weighted by molar-refractivity contribution is 0.0490. The van der Waals surface area contributed by atoms with E-state index in [1.54, 1.807) is 12.1 Å². The largest absolute Gasteiger partial charge is 0.462 e. The van der Waals surface area contributed by atoms with Crippen LogP contribution in [0.15, 0.2) is 46.9 Å². The van der Waals surface area contributed by atoms with Crippen molar-refractivity contribution in [3.63, 3.8) is 0 Å². The SMILES string of the molecule is CCCCCOC(=O)c1ccccc1C(=O)Oc1ccc(F)cc1Br. The lowest BCUT2D eigenvalue weighted by Crippen LogP contribution is -2.16. The third-order valence-electron chi connectivity index (χ3n) is 3.44. The molecule has 0 aromatic heterocycles. The fourth-order valence-electron chi connectivity index (χ4n) is 2.15. The third kappa shape index (κ3) is 5.39. The van der Waals surface area contributed by atoms with Crippen LogP contribution >= 0.6 is 15.9 Å². The van der Waals surface area contributed by atoms with Crippen molar-refractivity contribution in [3.8, 4) is 5.75 Å². The van der Waals surface area contributed by atoms with Crippen LogP contribution in [0, 0.1) is 5.82 Å². The number of hydrogen-bond donors (Lipinski definition) is 0. The van der Waals surface area contributed by atoms with E-state index in [1.165, 1.54) is 30.3 Å². The maximum Gasteiger partial charge on any atom is 0.344 e. The monoisotopic (exact) mass is 408 g/mol. The van der Waals surface area contributed by atoms with Gasteiger partial charge in [0.05, 0.1) is 22.2 Å². The number of hydrogen-bond acceptors (Lipinski definition) is 4. The highest BCUT2D eigenvalue weighted by Gasteiger charge is 2.20. The van der Waals surface area contributed by atoms with Crippen LogP contribution in [0.4, 0.5) is 4.39 Å². The van der Waals surface area contributed by atoms with E-state index in [2.05, 4.69) is 22.9 Å². The van der Waals surface area contributed by atoms with Gasteiger partial charge in [-0.1, -0.05) is 31.9 Å². The lowest BCUT2D eigenvalue weighted by atomic mass is 10.1. The van der Waals surface area contributed by atoms with Crippen LogP contribution in [0.3, 0.4) is 0 Å². The van der Waals surface area contributed by atoms with Gasteiger partial charge in [-0.25, -0.2) is 14.0 Å². The molecule has 4 nitrogen and oxygen atoms in total. The molecule has 0 radical (unpaired) electrons. The molecule has 0 spiro atoms. The molecule has 0 atom stereocenters. The summed E-state index contributed by atoms with van der Waals surface area (Å²) < 4.78 is 23.9. The van der Waals surface area contributed by atoms with Gasteiger partial charge in [-0.2, -0.15) is 0 Å². The van der Waals surface area contributed by atoms with Gasteiger partial charge in [0.1, 0.15) is 11.6 Å². The second-order valence-corrected chi connectivity index (χ2v) is 6.21. The van der Waals surface area contributed by atoms with Crippen molar-refractivity contribution in [2.45, 2.75) is 26.2 Å². The van der Waals surface area contributed by atoms with E-state index in [9.17, 15) is 14.0 Å². The summed E-state index contributed by atoms with van der Waals surface area (Å²) in [5.74, 6) is -1.57. The van der Waals surface area contributed by atoms with Gasteiger partial charge in [-0.15, -0.1) is 0 Å². The van der Waals surface area contributed by atoms with Crippen molar-refractivity contribution in [2.75, 3.05) is 6.61 Å². The number of rotatable bonds is 7. The van der Waals surface area contributed by atoms with E-state index in [-0.39, 0.29) is 16.9 Å². The first-order valence-electron chi connectivity index (χ1n) is 7.96. The van der Waals surface area contributed by atoms with Crippen LogP contribution in [0.2, 0.25) is 0 Å². The molecule has 2 aromatic carbocycles. The smallest absolute Gasteiger partial charge is 0.344 e. The second-order valence-electron chi connectivity index (χ2n) is 5.35. The van der Waals surface area contributed by atoms with Crippen molar-refractivity contribution < 1.29 is 23.5 Å². The van der Waals surface area contributed by atoms with Crippen LogP contribution in [0.25, 0.3) is 0 Å². The summed E-state index contributed by atoms with van der Waals surface area (Å²) >= 11 is 3.14. The molecular weight excluding hydrogens is 391 g/mol. The number of carbonyl (C=O) groups excluding carboxylic acids is 2. The van der Waals surface area contributed by atoms with Gasteiger partial charge in [0.2, 0.25) is 0 Å². The molecule has 0 aliphatic carbocycles. The molecular formula is C19H18BrFO4. The minimum atomic E-state index is -0.714. The van der Waals surface area contributed by atoms with Crippen LogP contribution in [-0.4, -0.2) is 18.5 Å². The molecule has 0 saturated heterocycles. The average molecular weight is 409 g/mol. The molecule has 0 amide bonds. The summed E-state index contributed by atoms with van der Waals surface area (Å²) in [7, 11) is 0. The van der Waals surface area contributed by atoms with Gasteiger partial charge in [-0.3, -0.25) is 0 Å². The Kier molecular flexibility index (Phi) is 7.13. The summed E-state index contributed by atoms with van der Waals surface area (Å²) in [6, 6.07) is 9.99. The molecule has 0 bridgehead atoms. The summed E-state index contributed by atoms with van der Waals surface area (Å²) in [5.41, 5.74) is 0.237. The Labute approximate surface area is 154 Å². The summed E-state index contributed by atoms with van der Waals surface area (Å²) in [6.45, 7) is 2.36. The maximum atomic E-state index is 13.1. The first-order chi connectivity index (χ1) is 12.0. The Morgan fingerprint density at radius 2 is 1.72 bits per heavy atom. The van der Waals surface area contributed by atoms with E-state index < -0.39 is 17.8 Å². The minimum Gasteiger partial charge on any atom is -0.462 e. The Balaban J connectivity index is 2.13. The molecule has 0 heterocycles. The molecule has 0 unspecified atom stereocenters. The molecule has 0 N–H and O–H groups in total. The van der Waals surface area contributed by atoms with E-state index >= 15 is 0 Å². The quantitative estimate of drug-likeness (QED) is 0.360. The predicted molar refractivity (Wildman–Crippen MR) is 95.3 cm³/mol. The first kappa shape index (κ1) is 19.1. The Hall–Kier alpha value is -2.21. The van der Waals surface area contributed by atoms with Gasteiger partial charge in [0.25, 0.3) is 0 Å². The normalized spacial score (nSPS) is 10.4. The van der Waals surface area contributed by atoms with E-state index in [4.69, 9.17) is 9.47 Å².